The number of aryl methyl sites for hydroxylation is 1. The van der Waals surface area contributed by atoms with Crippen LogP contribution in [-0.2, 0) is 20.3 Å². The molecule has 0 N–H and O–H groups in total. The molecule has 9 nitrogen and oxygen atoms in total. The van der Waals surface area contributed by atoms with Crippen molar-refractivity contribution in [1.82, 2.24) is 9.88 Å². The van der Waals surface area contributed by atoms with Gasteiger partial charge in [-0.3, -0.25) is 4.98 Å². The smallest absolute Gasteiger partial charge is 0.410 e. The largest absolute Gasteiger partial charge is 0.465 e. The van der Waals surface area contributed by atoms with E-state index in [0.29, 0.717) is 29.1 Å². The average Bonchev–Trinajstić information content (AvgIpc) is 3.62. The summed E-state index contributed by atoms with van der Waals surface area (Å²) in [6, 6.07) is 9.92. The number of esters is 1. The molecule has 0 radical (unpaired) electrons. The monoisotopic (exact) mass is 662 g/mol. The fraction of sp³-hybridized carbons (Fsp3) is 0.543. The molecule has 1 amide bonds. The van der Waals surface area contributed by atoms with Crippen LogP contribution in [0.15, 0.2) is 30.5 Å². The number of methoxy groups -OCH3 is 1. The normalized spacial score (nSPS) is 18.8. The third-order valence-electron chi connectivity index (χ3n) is 9.44. The first-order valence-corrected chi connectivity index (χ1v) is 19.7. The van der Waals surface area contributed by atoms with Crippen LogP contribution in [0.5, 0.6) is 0 Å². The van der Waals surface area contributed by atoms with Gasteiger partial charge >= 0.3 is 12.1 Å². The molecule has 4 heterocycles. The second kappa shape index (κ2) is 12.6. The standard InChI is InChI=1S/C35H46N4O5SSi/c1-34(2,3)44-33(41)39-20-24(17-25(39)21-43-46(8,9)35(4,5)6)38-14-10-11-23-15-22(19-36)16-27(30(23)38)26-12-13-37-28-18-29(32(40)42-7)45-31(26)28/h12-13,15-16,18,24-25H,10-11,14,17,20-21H2,1-9H3/t24-,25+/m0/s1. The number of hydrogen-bond acceptors (Lipinski definition) is 9. The number of ether oxygens (including phenoxy) is 2. The van der Waals surface area contributed by atoms with Crippen LogP contribution in [0.25, 0.3) is 21.3 Å². The van der Waals surface area contributed by atoms with Crippen molar-refractivity contribution in [2.75, 3.05) is 31.7 Å². The minimum Gasteiger partial charge on any atom is -0.465 e. The molecule has 2 atom stereocenters. The summed E-state index contributed by atoms with van der Waals surface area (Å²) in [7, 11) is -0.689. The summed E-state index contributed by atoms with van der Waals surface area (Å²) in [5.74, 6) is -0.400. The van der Waals surface area contributed by atoms with E-state index in [4.69, 9.17) is 13.9 Å². The number of nitriles is 1. The van der Waals surface area contributed by atoms with Gasteiger partial charge in [0.2, 0.25) is 0 Å². The number of rotatable bonds is 6. The Morgan fingerprint density at radius 3 is 2.52 bits per heavy atom. The Labute approximate surface area is 277 Å². The highest BCUT2D eigenvalue weighted by Crippen LogP contribution is 2.45. The highest BCUT2D eigenvalue weighted by Gasteiger charge is 2.44. The van der Waals surface area contributed by atoms with Crippen LogP contribution in [0, 0.1) is 11.3 Å². The van der Waals surface area contributed by atoms with E-state index in [1.165, 1.54) is 18.4 Å². The zero-order valence-electron chi connectivity index (χ0n) is 28.5. The van der Waals surface area contributed by atoms with Crippen LogP contribution in [-0.4, -0.2) is 74.8 Å². The maximum absolute atomic E-state index is 13.6. The SMILES string of the molecule is COC(=O)c1cc2nccc(-c3cc(C#N)cc4c3N([C@H]3C[C@H](CO[Si](C)(C)C(C)(C)C)N(C(=O)OC(C)(C)C)C3)CCC4)c2s1. The van der Waals surface area contributed by atoms with Crippen molar-refractivity contribution in [3.8, 4) is 17.2 Å². The van der Waals surface area contributed by atoms with Gasteiger partial charge in [0.1, 0.15) is 10.5 Å². The van der Waals surface area contributed by atoms with E-state index in [1.54, 1.807) is 12.3 Å². The van der Waals surface area contributed by atoms with Gasteiger partial charge in [-0.05, 0) is 88.0 Å². The number of thiophene rings is 1. The van der Waals surface area contributed by atoms with Crippen LogP contribution in [0.3, 0.4) is 0 Å². The first-order chi connectivity index (χ1) is 21.5. The number of nitrogens with zero attached hydrogens (tertiary/aromatic N) is 4. The number of fused-ring (bicyclic) bond motifs is 2. The molecule has 11 heteroatoms. The second-order valence-electron chi connectivity index (χ2n) is 14.9. The van der Waals surface area contributed by atoms with E-state index in [-0.39, 0.29) is 23.2 Å². The van der Waals surface area contributed by atoms with E-state index in [0.717, 1.165) is 52.9 Å². The average molecular weight is 663 g/mol. The van der Waals surface area contributed by atoms with Gasteiger partial charge in [0.05, 0.1) is 41.6 Å². The molecular weight excluding hydrogens is 617 g/mol. The predicted molar refractivity (Wildman–Crippen MR) is 185 cm³/mol. The number of carbonyl (C=O) groups excluding carboxylic acids is 2. The summed E-state index contributed by atoms with van der Waals surface area (Å²) < 4.78 is 18.5. The summed E-state index contributed by atoms with van der Waals surface area (Å²) in [5, 5.41) is 10.1. The molecule has 46 heavy (non-hydrogen) atoms. The zero-order valence-corrected chi connectivity index (χ0v) is 30.3. The molecular formula is C35H46N4O5SSi. The van der Waals surface area contributed by atoms with Gasteiger partial charge in [-0.15, -0.1) is 11.3 Å². The molecule has 5 rings (SSSR count). The Balaban J connectivity index is 1.56. The molecule has 246 valence electrons. The van der Waals surface area contributed by atoms with Crippen molar-refractivity contribution >= 4 is 47.6 Å². The summed E-state index contributed by atoms with van der Waals surface area (Å²) in [4.78, 5) is 35.4. The summed E-state index contributed by atoms with van der Waals surface area (Å²) >= 11 is 1.35. The van der Waals surface area contributed by atoms with E-state index >= 15 is 0 Å². The van der Waals surface area contributed by atoms with Gasteiger partial charge in [0, 0.05) is 42.1 Å². The van der Waals surface area contributed by atoms with E-state index < -0.39 is 19.9 Å². The fourth-order valence-electron chi connectivity index (χ4n) is 6.10. The van der Waals surface area contributed by atoms with Crippen LogP contribution in [0.4, 0.5) is 10.5 Å². The Morgan fingerprint density at radius 2 is 1.87 bits per heavy atom. The van der Waals surface area contributed by atoms with Crippen LogP contribution >= 0.6 is 11.3 Å². The third-order valence-corrected chi connectivity index (χ3v) is 15.1. The summed E-state index contributed by atoms with van der Waals surface area (Å²) in [5.41, 5.74) is 4.73. The van der Waals surface area contributed by atoms with Gasteiger partial charge in [-0.2, -0.15) is 5.26 Å². The Morgan fingerprint density at radius 1 is 1.13 bits per heavy atom. The molecule has 0 bridgehead atoms. The summed E-state index contributed by atoms with van der Waals surface area (Å²) in [6.07, 6.45) is 3.95. The molecule has 0 saturated carbocycles. The third kappa shape index (κ3) is 6.80. The fourth-order valence-corrected chi connectivity index (χ4v) is 8.21. The zero-order chi connectivity index (χ0) is 33.6. The van der Waals surface area contributed by atoms with Crippen LogP contribution in [0.2, 0.25) is 18.1 Å². The lowest BCUT2D eigenvalue weighted by molar-refractivity contribution is 0.0180. The number of hydrogen-bond donors (Lipinski definition) is 0. The lowest BCUT2D eigenvalue weighted by atomic mass is 9.90. The molecule has 2 aliphatic rings. The molecule has 3 aromatic rings. The minimum absolute atomic E-state index is 0.0255. The van der Waals surface area contributed by atoms with Crippen molar-refractivity contribution in [2.24, 2.45) is 0 Å². The highest BCUT2D eigenvalue weighted by molar-refractivity contribution is 7.21. The molecule has 0 spiro atoms. The van der Waals surface area contributed by atoms with E-state index in [1.807, 2.05) is 43.9 Å². The van der Waals surface area contributed by atoms with Crippen molar-refractivity contribution in [3.05, 3.63) is 46.5 Å². The molecule has 2 aliphatic heterocycles. The Hall–Kier alpha value is -3.46. The first-order valence-electron chi connectivity index (χ1n) is 16.0. The maximum atomic E-state index is 13.6. The first kappa shape index (κ1) is 33.9. The van der Waals surface area contributed by atoms with Crippen LogP contribution in [0.1, 0.15) is 75.2 Å². The Bertz CT molecular complexity index is 1680. The van der Waals surface area contributed by atoms with Crippen molar-refractivity contribution in [2.45, 2.75) is 96.6 Å². The molecule has 0 aliphatic carbocycles. The second-order valence-corrected chi connectivity index (χ2v) is 20.7. The summed E-state index contributed by atoms with van der Waals surface area (Å²) in [6.45, 7) is 18.6. The lowest BCUT2D eigenvalue weighted by Gasteiger charge is -2.38. The highest BCUT2D eigenvalue weighted by atomic mass is 32.1. The lowest BCUT2D eigenvalue weighted by Crippen LogP contribution is -2.47. The minimum atomic E-state index is -2.06. The van der Waals surface area contributed by atoms with E-state index in [9.17, 15) is 14.9 Å². The number of carbonyl (C=O) groups is 2. The van der Waals surface area contributed by atoms with E-state index in [2.05, 4.69) is 49.8 Å². The Kier molecular flexibility index (Phi) is 9.30. The number of amides is 1. The van der Waals surface area contributed by atoms with Gasteiger partial charge < -0.3 is 23.7 Å². The van der Waals surface area contributed by atoms with Gasteiger partial charge in [0.15, 0.2) is 8.32 Å². The maximum Gasteiger partial charge on any atom is 0.410 e. The van der Waals surface area contributed by atoms with Crippen molar-refractivity contribution in [1.29, 1.82) is 5.26 Å². The quantitative estimate of drug-likeness (QED) is 0.195. The van der Waals surface area contributed by atoms with Gasteiger partial charge in [-0.1, -0.05) is 20.8 Å². The number of benzene rings is 1. The molecule has 1 saturated heterocycles. The molecule has 2 aromatic heterocycles. The van der Waals surface area contributed by atoms with Gasteiger partial charge in [0.25, 0.3) is 0 Å². The molecule has 1 fully saturated rings. The molecule has 0 unspecified atom stereocenters. The molecule has 1 aromatic carbocycles. The number of aromatic nitrogens is 1. The topological polar surface area (TPSA) is 105 Å². The number of pyridine rings is 1. The van der Waals surface area contributed by atoms with Crippen molar-refractivity contribution < 1.29 is 23.5 Å². The van der Waals surface area contributed by atoms with Crippen molar-refractivity contribution in [3.63, 3.8) is 0 Å². The van der Waals surface area contributed by atoms with Crippen LogP contribution < -0.4 is 4.90 Å². The number of anilines is 1. The van der Waals surface area contributed by atoms with Gasteiger partial charge in [-0.25, -0.2) is 9.59 Å². The number of likely N-dealkylation sites (tertiary alicyclic amines) is 1. The predicted octanol–water partition coefficient (Wildman–Crippen LogP) is 7.77.